The first kappa shape index (κ1) is 18.1. The van der Waals surface area contributed by atoms with Gasteiger partial charge in [-0.2, -0.15) is 0 Å². The zero-order valence-corrected chi connectivity index (χ0v) is 15.3. The van der Waals surface area contributed by atoms with Gasteiger partial charge in [-0.05, 0) is 62.2 Å². The van der Waals surface area contributed by atoms with Crippen LogP contribution in [-0.4, -0.2) is 15.5 Å². The van der Waals surface area contributed by atoms with Crippen LogP contribution in [0.4, 0.5) is 10.1 Å². The molecule has 0 aliphatic rings. The van der Waals surface area contributed by atoms with Gasteiger partial charge >= 0.3 is 0 Å². The summed E-state index contributed by atoms with van der Waals surface area (Å²) >= 11 is 5.72. The molecular weight excluding hydrogens is 357 g/mol. The molecule has 5 nitrogen and oxygen atoms in total. The summed E-state index contributed by atoms with van der Waals surface area (Å²) in [7, 11) is 0. The van der Waals surface area contributed by atoms with Crippen molar-refractivity contribution in [2.24, 2.45) is 0 Å². The fraction of sp³-hybridized carbons (Fsp3) is 0.211. The van der Waals surface area contributed by atoms with Gasteiger partial charge in [0.1, 0.15) is 5.82 Å². The maximum Gasteiger partial charge on any atom is 0.282 e. The zero-order chi connectivity index (χ0) is 19.0. The van der Waals surface area contributed by atoms with Crippen LogP contribution >= 0.6 is 11.6 Å². The summed E-state index contributed by atoms with van der Waals surface area (Å²) < 4.78 is 14.8. The van der Waals surface area contributed by atoms with Crippen LogP contribution in [0.15, 0.2) is 35.1 Å². The number of benzene rings is 2. The minimum absolute atomic E-state index is 0.119. The van der Waals surface area contributed by atoms with Crippen molar-refractivity contribution in [3.63, 3.8) is 0 Å². The van der Waals surface area contributed by atoms with Crippen LogP contribution in [0.25, 0.3) is 11.0 Å². The number of aryl methyl sites for hydroxylation is 3. The Hall–Kier alpha value is -2.73. The van der Waals surface area contributed by atoms with Gasteiger partial charge in [-0.15, -0.1) is 0 Å². The number of carbonyl (C=O) groups excluding carboxylic acids is 1. The topological polar surface area (TPSA) is 64.0 Å². The lowest BCUT2D eigenvalue weighted by Crippen LogP contribution is -2.31. The molecule has 26 heavy (non-hydrogen) atoms. The molecule has 134 valence electrons. The standard InChI is InChI=1S/C19H17ClFN3O2/c1-4-24-16-8-11(3)10(2)7-15(16)23-17(19(24)26)18(25)22-12-5-6-14(21)13(20)9-12/h5-9H,4H2,1-3H3,(H,22,25). The summed E-state index contributed by atoms with van der Waals surface area (Å²) in [5.74, 6) is -1.26. The van der Waals surface area contributed by atoms with Crippen molar-refractivity contribution >= 4 is 34.2 Å². The Morgan fingerprint density at radius 1 is 1.23 bits per heavy atom. The van der Waals surface area contributed by atoms with Crippen LogP contribution in [0.5, 0.6) is 0 Å². The number of carbonyl (C=O) groups is 1. The minimum Gasteiger partial charge on any atom is -0.320 e. The van der Waals surface area contributed by atoms with Crippen molar-refractivity contribution < 1.29 is 9.18 Å². The molecule has 0 spiro atoms. The Morgan fingerprint density at radius 3 is 2.58 bits per heavy atom. The third-order valence-electron chi connectivity index (χ3n) is 4.27. The van der Waals surface area contributed by atoms with Gasteiger partial charge < -0.3 is 9.88 Å². The van der Waals surface area contributed by atoms with E-state index in [4.69, 9.17) is 11.6 Å². The van der Waals surface area contributed by atoms with Crippen LogP contribution in [-0.2, 0) is 6.54 Å². The van der Waals surface area contributed by atoms with E-state index in [-0.39, 0.29) is 16.4 Å². The SMILES string of the molecule is CCn1c(=O)c(C(=O)Nc2ccc(F)c(Cl)c2)nc2cc(C)c(C)cc21. The van der Waals surface area contributed by atoms with E-state index in [0.29, 0.717) is 17.6 Å². The summed E-state index contributed by atoms with van der Waals surface area (Å²) in [5, 5.41) is 2.42. The molecule has 0 radical (unpaired) electrons. The van der Waals surface area contributed by atoms with Gasteiger partial charge in [-0.25, -0.2) is 9.37 Å². The molecule has 0 aliphatic heterocycles. The Bertz CT molecular complexity index is 1090. The molecule has 0 fully saturated rings. The number of nitrogens with one attached hydrogen (secondary N) is 1. The number of amides is 1. The fourth-order valence-electron chi connectivity index (χ4n) is 2.72. The van der Waals surface area contributed by atoms with Crippen molar-refractivity contribution in [3.05, 3.63) is 68.3 Å². The number of anilines is 1. The second kappa shape index (κ2) is 6.88. The third-order valence-corrected chi connectivity index (χ3v) is 4.56. The molecular formula is C19H17ClFN3O2. The molecule has 1 amide bonds. The Labute approximate surface area is 154 Å². The van der Waals surface area contributed by atoms with Crippen LogP contribution in [0.3, 0.4) is 0 Å². The van der Waals surface area contributed by atoms with Crippen LogP contribution in [0, 0.1) is 19.7 Å². The first-order valence-electron chi connectivity index (χ1n) is 8.10. The van der Waals surface area contributed by atoms with Gasteiger partial charge in [0, 0.05) is 12.2 Å². The summed E-state index contributed by atoms with van der Waals surface area (Å²) in [5.41, 5.74) is 2.89. The van der Waals surface area contributed by atoms with E-state index in [1.165, 1.54) is 16.7 Å². The largest absolute Gasteiger partial charge is 0.320 e. The van der Waals surface area contributed by atoms with Gasteiger partial charge in [0.15, 0.2) is 5.69 Å². The van der Waals surface area contributed by atoms with Crippen molar-refractivity contribution in [1.82, 2.24) is 9.55 Å². The van der Waals surface area contributed by atoms with Gasteiger partial charge in [-0.3, -0.25) is 9.59 Å². The Kier molecular flexibility index (Phi) is 4.78. The summed E-state index contributed by atoms with van der Waals surface area (Å²) in [6.45, 7) is 6.14. The van der Waals surface area contributed by atoms with Gasteiger partial charge in [-0.1, -0.05) is 11.6 Å². The van der Waals surface area contributed by atoms with E-state index in [2.05, 4.69) is 10.3 Å². The molecule has 0 atom stereocenters. The number of hydrogen-bond donors (Lipinski definition) is 1. The molecule has 3 rings (SSSR count). The van der Waals surface area contributed by atoms with Gasteiger partial charge in [0.25, 0.3) is 11.5 Å². The average Bonchev–Trinajstić information content (AvgIpc) is 2.59. The number of halogens is 2. The highest BCUT2D eigenvalue weighted by molar-refractivity contribution is 6.31. The van der Waals surface area contributed by atoms with Crippen molar-refractivity contribution in [2.45, 2.75) is 27.3 Å². The predicted molar refractivity (Wildman–Crippen MR) is 101 cm³/mol. The highest BCUT2D eigenvalue weighted by Gasteiger charge is 2.18. The lowest BCUT2D eigenvalue weighted by Gasteiger charge is -2.12. The predicted octanol–water partition coefficient (Wildman–Crippen LogP) is 4.08. The zero-order valence-electron chi connectivity index (χ0n) is 14.6. The Morgan fingerprint density at radius 2 is 1.92 bits per heavy atom. The number of aromatic nitrogens is 2. The second-order valence-electron chi connectivity index (χ2n) is 6.02. The summed E-state index contributed by atoms with van der Waals surface area (Å²) in [6, 6.07) is 7.53. The molecule has 7 heteroatoms. The minimum atomic E-state index is -0.667. The van der Waals surface area contributed by atoms with Crippen LogP contribution in [0.1, 0.15) is 28.5 Å². The van der Waals surface area contributed by atoms with E-state index in [0.717, 1.165) is 17.2 Å². The molecule has 0 bridgehead atoms. The fourth-order valence-corrected chi connectivity index (χ4v) is 2.90. The highest BCUT2D eigenvalue weighted by atomic mass is 35.5. The van der Waals surface area contributed by atoms with Gasteiger partial charge in [0.2, 0.25) is 0 Å². The normalized spacial score (nSPS) is 11.0. The molecule has 1 N–H and O–H groups in total. The molecule has 2 aromatic carbocycles. The first-order valence-corrected chi connectivity index (χ1v) is 8.47. The second-order valence-corrected chi connectivity index (χ2v) is 6.43. The number of hydrogen-bond acceptors (Lipinski definition) is 3. The average molecular weight is 374 g/mol. The van der Waals surface area contributed by atoms with E-state index < -0.39 is 17.3 Å². The molecule has 0 saturated heterocycles. The number of rotatable bonds is 3. The lowest BCUT2D eigenvalue weighted by molar-refractivity contribution is 0.102. The molecule has 1 heterocycles. The summed E-state index contributed by atoms with van der Waals surface area (Å²) in [6.07, 6.45) is 0. The van der Waals surface area contributed by atoms with Crippen LogP contribution in [0.2, 0.25) is 5.02 Å². The first-order chi connectivity index (χ1) is 12.3. The Balaban J connectivity index is 2.10. The highest BCUT2D eigenvalue weighted by Crippen LogP contribution is 2.20. The third kappa shape index (κ3) is 3.20. The lowest BCUT2D eigenvalue weighted by atomic mass is 10.1. The van der Waals surface area contributed by atoms with Crippen molar-refractivity contribution in [1.29, 1.82) is 0 Å². The smallest absolute Gasteiger partial charge is 0.282 e. The number of nitrogens with zero attached hydrogens (tertiary/aromatic N) is 2. The molecule has 0 saturated carbocycles. The van der Waals surface area contributed by atoms with E-state index in [1.807, 2.05) is 32.9 Å². The molecule has 0 unspecified atom stereocenters. The van der Waals surface area contributed by atoms with Gasteiger partial charge in [0.05, 0.1) is 16.1 Å². The summed E-state index contributed by atoms with van der Waals surface area (Å²) in [4.78, 5) is 29.6. The van der Waals surface area contributed by atoms with Crippen LogP contribution < -0.4 is 10.9 Å². The monoisotopic (exact) mass is 373 g/mol. The van der Waals surface area contributed by atoms with E-state index in [9.17, 15) is 14.0 Å². The maximum atomic E-state index is 13.3. The van der Waals surface area contributed by atoms with E-state index in [1.54, 1.807) is 0 Å². The van der Waals surface area contributed by atoms with Crippen molar-refractivity contribution in [3.8, 4) is 0 Å². The maximum absolute atomic E-state index is 13.3. The molecule has 0 aliphatic carbocycles. The quantitative estimate of drug-likeness (QED) is 0.752. The molecule has 1 aromatic heterocycles. The number of fused-ring (bicyclic) bond motifs is 1. The van der Waals surface area contributed by atoms with Crippen molar-refractivity contribution in [2.75, 3.05) is 5.32 Å². The molecule has 3 aromatic rings. The van der Waals surface area contributed by atoms with E-state index >= 15 is 0 Å².